The first kappa shape index (κ1) is 13.6. The molecule has 1 saturated heterocycles. The lowest BCUT2D eigenvalue weighted by molar-refractivity contribution is 0.00578. The van der Waals surface area contributed by atoms with Gasteiger partial charge in [-0.15, -0.1) is 0 Å². The Labute approximate surface area is 109 Å². The van der Waals surface area contributed by atoms with Crippen molar-refractivity contribution in [3.8, 4) is 0 Å². The van der Waals surface area contributed by atoms with E-state index in [4.69, 9.17) is 9.31 Å². The standard InChI is InChI=1S/C14H20BFO2/c1-13(2)14(3,4)18-15(17-13)12-7-5-11(6-8-12)9-10-16/h5-8H,9-10H2,1-4H3. The number of hydrogen-bond acceptors (Lipinski definition) is 2. The van der Waals surface area contributed by atoms with Gasteiger partial charge in [0.25, 0.3) is 0 Å². The van der Waals surface area contributed by atoms with Gasteiger partial charge in [0.05, 0.1) is 17.9 Å². The zero-order chi connectivity index (χ0) is 13.4. The van der Waals surface area contributed by atoms with Gasteiger partial charge in [-0.2, -0.15) is 0 Å². The molecule has 0 bridgehead atoms. The van der Waals surface area contributed by atoms with E-state index in [9.17, 15) is 4.39 Å². The molecule has 2 nitrogen and oxygen atoms in total. The van der Waals surface area contributed by atoms with E-state index in [1.54, 1.807) is 0 Å². The van der Waals surface area contributed by atoms with Crippen molar-refractivity contribution in [2.24, 2.45) is 0 Å². The Bertz CT molecular complexity index is 398. The minimum Gasteiger partial charge on any atom is -0.399 e. The minimum atomic E-state index is -0.338. The van der Waals surface area contributed by atoms with Crippen LogP contribution in [-0.2, 0) is 15.7 Å². The predicted octanol–water partition coefficient (Wildman–Crippen LogP) is 2.50. The maximum absolute atomic E-state index is 12.2. The molecule has 1 aliphatic rings. The van der Waals surface area contributed by atoms with Gasteiger partial charge in [-0.25, -0.2) is 0 Å². The van der Waals surface area contributed by atoms with Crippen molar-refractivity contribution in [3.05, 3.63) is 29.8 Å². The molecular weight excluding hydrogens is 230 g/mol. The Morgan fingerprint density at radius 1 is 1.00 bits per heavy atom. The SMILES string of the molecule is CC1(C)OB(c2ccc(CCF)cc2)OC1(C)C. The molecular formula is C14H20BFO2. The van der Waals surface area contributed by atoms with Crippen LogP contribution in [0.4, 0.5) is 4.39 Å². The van der Waals surface area contributed by atoms with Crippen LogP contribution in [0.25, 0.3) is 0 Å². The largest absolute Gasteiger partial charge is 0.494 e. The number of aryl methyl sites for hydroxylation is 1. The summed E-state index contributed by atoms with van der Waals surface area (Å²) >= 11 is 0. The first-order valence-corrected chi connectivity index (χ1v) is 6.36. The second-order valence-electron chi connectivity index (χ2n) is 5.77. The molecule has 0 spiro atoms. The summed E-state index contributed by atoms with van der Waals surface area (Å²) in [4.78, 5) is 0. The zero-order valence-electron chi connectivity index (χ0n) is 11.5. The van der Waals surface area contributed by atoms with Gasteiger partial charge < -0.3 is 9.31 Å². The highest BCUT2D eigenvalue weighted by molar-refractivity contribution is 6.62. The number of halogens is 1. The highest BCUT2D eigenvalue weighted by Crippen LogP contribution is 2.36. The molecule has 0 atom stereocenters. The summed E-state index contributed by atoms with van der Waals surface area (Å²) < 4.78 is 24.1. The van der Waals surface area contributed by atoms with Crippen molar-refractivity contribution < 1.29 is 13.7 Å². The van der Waals surface area contributed by atoms with Gasteiger partial charge in [0, 0.05) is 6.42 Å². The fourth-order valence-electron chi connectivity index (χ4n) is 1.93. The third kappa shape index (κ3) is 2.45. The quantitative estimate of drug-likeness (QED) is 0.767. The van der Waals surface area contributed by atoms with Crippen LogP contribution in [-0.4, -0.2) is 25.0 Å². The molecule has 0 radical (unpaired) electrons. The van der Waals surface area contributed by atoms with Crippen LogP contribution in [0.15, 0.2) is 24.3 Å². The van der Waals surface area contributed by atoms with Crippen LogP contribution >= 0.6 is 0 Å². The monoisotopic (exact) mass is 250 g/mol. The smallest absolute Gasteiger partial charge is 0.399 e. The molecule has 1 heterocycles. The fourth-order valence-corrected chi connectivity index (χ4v) is 1.93. The normalized spacial score (nSPS) is 21.3. The Hall–Kier alpha value is -0.865. The van der Waals surface area contributed by atoms with Gasteiger partial charge >= 0.3 is 7.12 Å². The Morgan fingerprint density at radius 2 is 1.50 bits per heavy atom. The van der Waals surface area contributed by atoms with Crippen molar-refractivity contribution in [3.63, 3.8) is 0 Å². The molecule has 1 aromatic carbocycles. The number of hydrogen-bond donors (Lipinski definition) is 0. The van der Waals surface area contributed by atoms with E-state index < -0.39 is 0 Å². The third-order valence-electron chi connectivity index (χ3n) is 3.89. The van der Waals surface area contributed by atoms with E-state index in [-0.39, 0.29) is 25.0 Å². The lowest BCUT2D eigenvalue weighted by Crippen LogP contribution is -2.41. The van der Waals surface area contributed by atoms with Crippen LogP contribution in [0.5, 0.6) is 0 Å². The second kappa shape index (κ2) is 4.67. The number of rotatable bonds is 3. The van der Waals surface area contributed by atoms with Crippen LogP contribution in [0, 0.1) is 0 Å². The van der Waals surface area contributed by atoms with Crippen molar-refractivity contribution >= 4 is 12.6 Å². The molecule has 0 aromatic heterocycles. The minimum absolute atomic E-state index is 0.324. The highest BCUT2D eigenvalue weighted by atomic mass is 19.1. The summed E-state index contributed by atoms with van der Waals surface area (Å²) in [5, 5.41) is 0. The van der Waals surface area contributed by atoms with Gasteiger partial charge in [-0.3, -0.25) is 4.39 Å². The van der Waals surface area contributed by atoms with Gasteiger partial charge in [-0.1, -0.05) is 24.3 Å². The van der Waals surface area contributed by atoms with Crippen LogP contribution in [0.2, 0.25) is 0 Å². The summed E-state index contributed by atoms with van der Waals surface area (Å²) in [6, 6.07) is 7.76. The number of benzene rings is 1. The lowest BCUT2D eigenvalue weighted by Gasteiger charge is -2.32. The Balaban J connectivity index is 2.14. The van der Waals surface area contributed by atoms with Gasteiger partial charge in [-0.05, 0) is 38.7 Å². The molecule has 0 amide bonds. The number of alkyl halides is 1. The topological polar surface area (TPSA) is 18.5 Å². The van der Waals surface area contributed by atoms with E-state index in [1.165, 1.54) is 0 Å². The first-order valence-electron chi connectivity index (χ1n) is 6.36. The van der Waals surface area contributed by atoms with E-state index in [0.29, 0.717) is 6.42 Å². The van der Waals surface area contributed by atoms with E-state index in [2.05, 4.69) is 0 Å². The van der Waals surface area contributed by atoms with Crippen molar-refractivity contribution in [1.82, 2.24) is 0 Å². The highest BCUT2D eigenvalue weighted by Gasteiger charge is 2.51. The molecule has 4 heteroatoms. The van der Waals surface area contributed by atoms with Crippen LogP contribution in [0.3, 0.4) is 0 Å². The molecule has 1 aliphatic heterocycles. The molecule has 18 heavy (non-hydrogen) atoms. The van der Waals surface area contributed by atoms with Crippen LogP contribution < -0.4 is 5.46 Å². The summed E-state index contributed by atoms with van der Waals surface area (Å²) in [7, 11) is -0.338. The van der Waals surface area contributed by atoms with E-state index >= 15 is 0 Å². The molecule has 0 unspecified atom stereocenters. The predicted molar refractivity (Wildman–Crippen MR) is 71.8 cm³/mol. The fraction of sp³-hybridized carbons (Fsp3) is 0.571. The molecule has 0 N–H and O–H groups in total. The zero-order valence-corrected chi connectivity index (χ0v) is 11.5. The van der Waals surface area contributed by atoms with Gasteiger partial charge in [0.1, 0.15) is 0 Å². The summed E-state index contributed by atoms with van der Waals surface area (Å²) in [5.74, 6) is 0. The third-order valence-corrected chi connectivity index (χ3v) is 3.89. The average Bonchev–Trinajstić information content (AvgIpc) is 2.50. The Morgan fingerprint density at radius 3 is 1.94 bits per heavy atom. The van der Waals surface area contributed by atoms with Crippen LogP contribution in [0.1, 0.15) is 33.3 Å². The van der Waals surface area contributed by atoms with Gasteiger partial charge in [0.2, 0.25) is 0 Å². The summed E-state index contributed by atoms with van der Waals surface area (Å²) in [6.45, 7) is 7.81. The van der Waals surface area contributed by atoms with Crippen molar-refractivity contribution in [2.45, 2.75) is 45.3 Å². The maximum atomic E-state index is 12.2. The summed E-state index contributed by atoms with van der Waals surface area (Å²) in [6.07, 6.45) is 0.462. The molecule has 1 fully saturated rings. The molecule has 2 rings (SSSR count). The van der Waals surface area contributed by atoms with Crippen molar-refractivity contribution in [2.75, 3.05) is 6.67 Å². The maximum Gasteiger partial charge on any atom is 0.494 e. The van der Waals surface area contributed by atoms with Crippen molar-refractivity contribution in [1.29, 1.82) is 0 Å². The summed E-state index contributed by atoms with van der Waals surface area (Å²) in [5.41, 5.74) is 1.33. The average molecular weight is 250 g/mol. The second-order valence-corrected chi connectivity index (χ2v) is 5.77. The molecule has 98 valence electrons. The van der Waals surface area contributed by atoms with E-state index in [0.717, 1.165) is 11.0 Å². The molecule has 1 aromatic rings. The molecule has 0 aliphatic carbocycles. The molecule has 0 saturated carbocycles. The van der Waals surface area contributed by atoms with E-state index in [1.807, 2.05) is 52.0 Å². The first-order chi connectivity index (χ1) is 8.36. The Kier molecular flexibility index (Phi) is 3.52. The van der Waals surface area contributed by atoms with Gasteiger partial charge in [0.15, 0.2) is 0 Å². The lowest BCUT2D eigenvalue weighted by atomic mass is 9.79.